The molecule has 0 spiro atoms. The molecule has 7 nitrogen and oxygen atoms in total. The summed E-state index contributed by atoms with van der Waals surface area (Å²) >= 11 is 0. The number of nitrogens with one attached hydrogen (secondary N) is 2. The lowest BCUT2D eigenvalue weighted by atomic mass is 10.1. The first kappa shape index (κ1) is 17.5. The predicted molar refractivity (Wildman–Crippen MR) is 91.7 cm³/mol. The standard InChI is InChI=1S/C17H22N4O3/c1-11-15(12(2)20-19-11)7-8-17(22)21-18-10-13-5-6-14(23-3)9-16(13)24-4/h5-6,9-10H,7-8H2,1-4H3,(H,19,20)(H,21,22). The first-order valence-corrected chi connectivity index (χ1v) is 7.59. The Kier molecular flexibility index (Phi) is 5.95. The molecule has 7 heteroatoms. The van der Waals surface area contributed by atoms with Crippen molar-refractivity contribution in [1.29, 1.82) is 0 Å². The second-order valence-corrected chi connectivity index (χ2v) is 5.31. The van der Waals surface area contributed by atoms with Gasteiger partial charge in [0.25, 0.3) is 0 Å². The van der Waals surface area contributed by atoms with E-state index in [0.29, 0.717) is 24.3 Å². The van der Waals surface area contributed by atoms with Gasteiger partial charge in [0, 0.05) is 23.7 Å². The highest BCUT2D eigenvalue weighted by Gasteiger charge is 2.09. The number of benzene rings is 1. The van der Waals surface area contributed by atoms with Crippen molar-refractivity contribution in [2.45, 2.75) is 26.7 Å². The normalized spacial score (nSPS) is 10.8. The fourth-order valence-corrected chi connectivity index (χ4v) is 2.34. The van der Waals surface area contributed by atoms with Crippen molar-refractivity contribution in [2.24, 2.45) is 5.10 Å². The van der Waals surface area contributed by atoms with Gasteiger partial charge in [0.2, 0.25) is 5.91 Å². The highest BCUT2D eigenvalue weighted by atomic mass is 16.5. The van der Waals surface area contributed by atoms with Crippen LogP contribution in [-0.2, 0) is 11.2 Å². The molecule has 2 N–H and O–H groups in total. The number of aromatic amines is 1. The lowest BCUT2D eigenvalue weighted by Gasteiger charge is -2.07. The van der Waals surface area contributed by atoms with Gasteiger partial charge in [-0.15, -0.1) is 0 Å². The van der Waals surface area contributed by atoms with Gasteiger partial charge in [-0.25, -0.2) is 5.43 Å². The van der Waals surface area contributed by atoms with Gasteiger partial charge in [-0.1, -0.05) is 0 Å². The number of ether oxygens (including phenoxy) is 2. The third-order valence-corrected chi connectivity index (χ3v) is 3.72. The van der Waals surface area contributed by atoms with Crippen LogP contribution in [-0.4, -0.2) is 36.5 Å². The maximum Gasteiger partial charge on any atom is 0.240 e. The SMILES string of the molecule is COc1ccc(C=NNC(=O)CCc2c(C)n[nH]c2C)c(OC)c1. The minimum Gasteiger partial charge on any atom is -0.497 e. The van der Waals surface area contributed by atoms with Gasteiger partial charge in [-0.2, -0.15) is 10.2 Å². The van der Waals surface area contributed by atoms with Gasteiger partial charge in [-0.3, -0.25) is 9.89 Å². The number of rotatable bonds is 7. The zero-order valence-electron chi connectivity index (χ0n) is 14.3. The smallest absolute Gasteiger partial charge is 0.240 e. The maximum atomic E-state index is 11.9. The molecule has 0 aliphatic rings. The minimum atomic E-state index is -0.154. The largest absolute Gasteiger partial charge is 0.497 e. The molecule has 128 valence electrons. The van der Waals surface area contributed by atoms with Crippen molar-refractivity contribution >= 4 is 12.1 Å². The van der Waals surface area contributed by atoms with Crippen LogP contribution in [0.5, 0.6) is 11.5 Å². The summed E-state index contributed by atoms with van der Waals surface area (Å²) in [5, 5.41) is 11.0. The van der Waals surface area contributed by atoms with Crippen molar-refractivity contribution in [2.75, 3.05) is 14.2 Å². The maximum absolute atomic E-state index is 11.9. The number of nitrogens with zero attached hydrogens (tertiary/aromatic N) is 2. The first-order valence-electron chi connectivity index (χ1n) is 7.59. The summed E-state index contributed by atoms with van der Waals surface area (Å²) in [4.78, 5) is 11.9. The van der Waals surface area contributed by atoms with Crippen LogP contribution in [0.3, 0.4) is 0 Å². The molecule has 0 atom stereocenters. The fourth-order valence-electron chi connectivity index (χ4n) is 2.34. The quantitative estimate of drug-likeness (QED) is 0.601. The van der Waals surface area contributed by atoms with Gasteiger partial charge >= 0.3 is 0 Å². The third kappa shape index (κ3) is 4.34. The van der Waals surface area contributed by atoms with Crippen LogP contribution in [0, 0.1) is 13.8 Å². The van der Waals surface area contributed by atoms with Crippen molar-refractivity contribution in [3.05, 3.63) is 40.7 Å². The Morgan fingerprint density at radius 3 is 2.75 bits per heavy atom. The number of hydrazone groups is 1. The number of hydrogen-bond acceptors (Lipinski definition) is 5. The number of H-pyrrole nitrogens is 1. The van der Waals surface area contributed by atoms with Crippen LogP contribution >= 0.6 is 0 Å². The minimum absolute atomic E-state index is 0.154. The molecule has 2 rings (SSSR count). The molecule has 1 amide bonds. The van der Waals surface area contributed by atoms with E-state index in [4.69, 9.17) is 9.47 Å². The first-order chi connectivity index (χ1) is 11.5. The summed E-state index contributed by atoms with van der Waals surface area (Å²) in [5.41, 5.74) is 6.27. The highest BCUT2D eigenvalue weighted by Crippen LogP contribution is 2.23. The summed E-state index contributed by atoms with van der Waals surface area (Å²) in [6.45, 7) is 3.87. The second kappa shape index (κ2) is 8.14. The average Bonchev–Trinajstić information content (AvgIpc) is 2.91. The molecular weight excluding hydrogens is 308 g/mol. The van der Waals surface area contributed by atoms with Crippen molar-refractivity contribution in [3.8, 4) is 11.5 Å². The Morgan fingerprint density at radius 1 is 1.33 bits per heavy atom. The van der Waals surface area contributed by atoms with Crippen molar-refractivity contribution < 1.29 is 14.3 Å². The molecule has 0 aliphatic heterocycles. The fraction of sp³-hybridized carbons (Fsp3) is 0.353. The van der Waals surface area contributed by atoms with E-state index in [1.54, 1.807) is 32.6 Å². The molecule has 0 fully saturated rings. The Morgan fingerprint density at radius 2 is 2.12 bits per heavy atom. The van der Waals surface area contributed by atoms with Gasteiger partial charge in [-0.05, 0) is 38.0 Å². The number of carbonyl (C=O) groups excluding carboxylic acids is 1. The van der Waals surface area contributed by atoms with Gasteiger partial charge in [0.15, 0.2) is 0 Å². The molecule has 1 aromatic heterocycles. The van der Waals surface area contributed by atoms with E-state index in [1.165, 1.54) is 0 Å². The van der Waals surface area contributed by atoms with Crippen LogP contribution < -0.4 is 14.9 Å². The molecular formula is C17H22N4O3. The molecule has 0 aliphatic carbocycles. The molecule has 1 heterocycles. The summed E-state index contributed by atoms with van der Waals surface area (Å²) in [7, 11) is 3.16. The number of methoxy groups -OCH3 is 2. The topological polar surface area (TPSA) is 88.6 Å². The molecule has 0 bridgehead atoms. The van der Waals surface area contributed by atoms with E-state index in [2.05, 4.69) is 20.7 Å². The summed E-state index contributed by atoms with van der Waals surface area (Å²) < 4.78 is 10.4. The van der Waals surface area contributed by atoms with E-state index in [1.807, 2.05) is 19.9 Å². The second-order valence-electron chi connectivity index (χ2n) is 5.31. The molecule has 0 saturated carbocycles. The lowest BCUT2D eigenvalue weighted by Crippen LogP contribution is -2.18. The van der Waals surface area contributed by atoms with Crippen LogP contribution in [0.15, 0.2) is 23.3 Å². The number of amides is 1. The number of carbonyl (C=O) groups is 1. The average molecular weight is 330 g/mol. The Bertz CT molecular complexity index is 718. The summed E-state index contributed by atoms with van der Waals surface area (Å²) in [6.07, 6.45) is 2.52. The van der Waals surface area contributed by atoms with Gasteiger partial charge < -0.3 is 9.47 Å². The number of hydrogen-bond donors (Lipinski definition) is 2. The number of aryl methyl sites for hydroxylation is 2. The Balaban J connectivity index is 1.90. The Labute approximate surface area is 141 Å². The zero-order chi connectivity index (χ0) is 17.5. The lowest BCUT2D eigenvalue weighted by molar-refractivity contribution is -0.121. The molecule has 24 heavy (non-hydrogen) atoms. The molecule has 0 saturated heterocycles. The molecule has 2 aromatic rings. The van der Waals surface area contributed by atoms with Crippen molar-refractivity contribution in [1.82, 2.24) is 15.6 Å². The third-order valence-electron chi connectivity index (χ3n) is 3.72. The van der Waals surface area contributed by atoms with Crippen LogP contribution in [0.2, 0.25) is 0 Å². The highest BCUT2D eigenvalue weighted by molar-refractivity contribution is 5.85. The number of aromatic nitrogens is 2. The van der Waals surface area contributed by atoms with Crippen LogP contribution in [0.25, 0.3) is 0 Å². The van der Waals surface area contributed by atoms with E-state index in [0.717, 1.165) is 22.5 Å². The van der Waals surface area contributed by atoms with Crippen LogP contribution in [0.4, 0.5) is 0 Å². The van der Waals surface area contributed by atoms with Crippen molar-refractivity contribution in [3.63, 3.8) is 0 Å². The Hall–Kier alpha value is -2.83. The summed E-state index contributed by atoms with van der Waals surface area (Å²) in [6, 6.07) is 5.37. The van der Waals surface area contributed by atoms with Gasteiger partial charge in [0.05, 0.1) is 26.1 Å². The van der Waals surface area contributed by atoms with E-state index < -0.39 is 0 Å². The van der Waals surface area contributed by atoms with E-state index in [9.17, 15) is 4.79 Å². The van der Waals surface area contributed by atoms with E-state index >= 15 is 0 Å². The van der Waals surface area contributed by atoms with Gasteiger partial charge in [0.1, 0.15) is 11.5 Å². The molecule has 0 unspecified atom stereocenters. The zero-order valence-corrected chi connectivity index (χ0v) is 14.3. The molecule has 1 aromatic carbocycles. The van der Waals surface area contributed by atoms with E-state index in [-0.39, 0.29) is 5.91 Å². The monoisotopic (exact) mass is 330 g/mol. The van der Waals surface area contributed by atoms with Crippen LogP contribution in [0.1, 0.15) is 28.9 Å². The summed E-state index contributed by atoms with van der Waals surface area (Å²) in [5.74, 6) is 1.16. The predicted octanol–water partition coefficient (Wildman–Crippen LogP) is 2.13. The molecule has 0 radical (unpaired) electrons.